The fraction of sp³-hybridized carbons (Fsp3) is 0.333. The van der Waals surface area contributed by atoms with Crippen LogP contribution in [0.3, 0.4) is 0 Å². The summed E-state index contributed by atoms with van der Waals surface area (Å²) in [7, 11) is -1.60. The molecule has 0 amide bonds. The molecular formula is C12H15NO3S. The van der Waals surface area contributed by atoms with E-state index in [4.69, 9.17) is 4.74 Å². The quantitative estimate of drug-likeness (QED) is 0.814. The molecule has 1 aromatic rings. The standard InChI is InChI=1S/C12H15NO3S/c1-3-17(14,15)13-10-6-8-11-7-4-5-9-12(11)16-2/h4-5,7,9,13H,3,10H2,1-2H3. The first-order chi connectivity index (χ1) is 8.09. The third-order valence-electron chi connectivity index (χ3n) is 2.09. The van der Waals surface area contributed by atoms with Crippen LogP contribution < -0.4 is 9.46 Å². The monoisotopic (exact) mass is 253 g/mol. The first kappa shape index (κ1) is 13.6. The average molecular weight is 253 g/mol. The number of hydrogen-bond acceptors (Lipinski definition) is 3. The highest BCUT2D eigenvalue weighted by Gasteiger charge is 2.02. The van der Waals surface area contributed by atoms with Gasteiger partial charge in [0, 0.05) is 0 Å². The Kier molecular flexibility index (Phi) is 5.01. The molecule has 1 N–H and O–H groups in total. The molecule has 0 bridgehead atoms. The van der Waals surface area contributed by atoms with E-state index in [-0.39, 0.29) is 12.3 Å². The van der Waals surface area contributed by atoms with E-state index in [2.05, 4.69) is 16.6 Å². The van der Waals surface area contributed by atoms with E-state index in [1.165, 1.54) is 0 Å². The van der Waals surface area contributed by atoms with Gasteiger partial charge < -0.3 is 4.74 Å². The van der Waals surface area contributed by atoms with Crippen molar-refractivity contribution in [1.29, 1.82) is 0 Å². The molecule has 17 heavy (non-hydrogen) atoms. The lowest BCUT2D eigenvalue weighted by Gasteiger charge is -2.01. The maximum atomic E-state index is 11.1. The third-order valence-corrected chi connectivity index (χ3v) is 3.43. The second kappa shape index (κ2) is 6.28. The van der Waals surface area contributed by atoms with Crippen molar-refractivity contribution in [1.82, 2.24) is 4.72 Å². The Bertz CT molecular complexity index is 526. The topological polar surface area (TPSA) is 55.4 Å². The summed E-state index contributed by atoms with van der Waals surface area (Å²) in [6.45, 7) is 1.68. The number of nitrogens with one attached hydrogen (secondary N) is 1. The lowest BCUT2D eigenvalue weighted by Crippen LogP contribution is -2.25. The fourth-order valence-electron chi connectivity index (χ4n) is 1.14. The minimum absolute atomic E-state index is 0.0589. The van der Waals surface area contributed by atoms with Crippen molar-refractivity contribution in [2.75, 3.05) is 19.4 Å². The Morgan fingerprint density at radius 2 is 2.06 bits per heavy atom. The summed E-state index contributed by atoms with van der Waals surface area (Å²) in [5, 5.41) is 0. The van der Waals surface area contributed by atoms with E-state index < -0.39 is 10.0 Å². The molecule has 0 atom stereocenters. The second-order valence-corrected chi connectivity index (χ2v) is 5.32. The van der Waals surface area contributed by atoms with Crippen LogP contribution in [0.2, 0.25) is 0 Å². The van der Waals surface area contributed by atoms with Crippen molar-refractivity contribution in [2.45, 2.75) is 6.92 Å². The Morgan fingerprint density at radius 3 is 2.71 bits per heavy atom. The largest absolute Gasteiger partial charge is 0.495 e. The molecule has 1 aromatic carbocycles. The molecule has 0 aliphatic heterocycles. The molecule has 1 rings (SSSR count). The van der Waals surface area contributed by atoms with Gasteiger partial charge in [-0.15, -0.1) is 0 Å². The van der Waals surface area contributed by atoms with E-state index in [9.17, 15) is 8.42 Å². The molecule has 0 aromatic heterocycles. The number of benzene rings is 1. The average Bonchev–Trinajstić information content (AvgIpc) is 2.35. The van der Waals surface area contributed by atoms with Crippen LogP contribution in [-0.4, -0.2) is 27.8 Å². The predicted molar refractivity (Wildman–Crippen MR) is 67.3 cm³/mol. The zero-order valence-corrected chi connectivity index (χ0v) is 10.7. The van der Waals surface area contributed by atoms with E-state index >= 15 is 0 Å². The number of sulfonamides is 1. The Balaban J connectivity index is 2.67. The number of hydrogen-bond donors (Lipinski definition) is 1. The van der Waals surface area contributed by atoms with Crippen molar-refractivity contribution in [2.24, 2.45) is 0 Å². The van der Waals surface area contributed by atoms with Gasteiger partial charge in [0.05, 0.1) is 25.0 Å². The van der Waals surface area contributed by atoms with Gasteiger partial charge in [-0.05, 0) is 19.1 Å². The van der Waals surface area contributed by atoms with E-state index in [0.717, 1.165) is 5.56 Å². The summed E-state index contributed by atoms with van der Waals surface area (Å²) >= 11 is 0. The maximum absolute atomic E-state index is 11.1. The van der Waals surface area contributed by atoms with Gasteiger partial charge in [0.1, 0.15) is 5.75 Å². The van der Waals surface area contributed by atoms with Crippen LogP contribution in [0.5, 0.6) is 5.75 Å². The highest BCUT2D eigenvalue weighted by Crippen LogP contribution is 2.15. The number of rotatable bonds is 4. The van der Waals surface area contributed by atoms with Crippen molar-refractivity contribution in [3.05, 3.63) is 29.8 Å². The number of para-hydroxylation sites is 1. The Labute approximate surface area is 102 Å². The van der Waals surface area contributed by atoms with Crippen molar-refractivity contribution in [3.63, 3.8) is 0 Å². The van der Waals surface area contributed by atoms with Crippen molar-refractivity contribution >= 4 is 10.0 Å². The van der Waals surface area contributed by atoms with Crippen molar-refractivity contribution in [3.8, 4) is 17.6 Å². The van der Waals surface area contributed by atoms with Crippen LogP contribution in [0.4, 0.5) is 0 Å². The van der Waals surface area contributed by atoms with E-state index in [1.807, 2.05) is 18.2 Å². The Morgan fingerprint density at radius 1 is 1.35 bits per heavy atom. The second-order valence-electron chi connectivity index (χ2n) is 3.23. The number of ether oxygens (including phenoxy) is 1. The molecule has 92 valence electrons. The third kappa shape index (κ3) is 4.47. The van der Waals surface area contributed by atoms with Gasteiger partial charge in [-0.3, -0.25) is 0 Å². The highest BCUT2D eigenvalue weighted by molar-refractivity contribution is 7.89. The summed E-state index contributed by atoms with van der Waals surface area (Å²) in [6, 6.07) is 7.33. The van der Waals surface area contributed by atoms with Gasteiger partial charge in [-0.2, -0.15) is 0 Å². The summed E-state index contributed by atoms with van der Waals surface area (Å²) < 4.78 is 29.8. The van der Waals surface area contributed by atoms with Crippen LogP contribution in [-0.2, 0) is 10.0 Å². The normalized spacial score (nSPS) is 10.5. The van der Waals surface area contributed by atoms with Gasteiger partial charge in [0.2, 0.25) is 10.0 Å². The van der Waals surface area contributed by atoms with Crippen molar-refractivity contribution < 1.29 is 13.2 Å². The molecule has 0 saturated carbocycles. The van der Waals surface area contributed by atoms with Gasteiger partial charge >= 0.3 is 0 Å². The van der Waals surface area contributed by atoms with Crippen LogP contribution in [0, 0.1) is 11.8 Å². The molecule has 0 radical (unpaired) electrons. The van der Waals surface area contributed by atoms with E-state index in [0.29, 0.717) is 5.75 Å². The van der Waals surface area contributed by atoms with Gasteiger partial charge in [-0.1, -0.05) is 24.0 Å². The maximum Gasteiger partial charge on any atom is 0.212 e. The van der Waals surface area contributed by atoms with E-state index in [1.54, 1.807) is 20.1 Å². The minimum Gasteiger partial charge on any atom is -0.495 e. The zero-order valence-electron chi connectivity index (χ0n) is 9.86. The summed E-state index contributed by atoms with van der Waals surface area (Å²) in [5.41, 5.74) is 0.741. The van der Waals surface area contributed by atoms with Crippen LogP contribution in [0.25, 0.3) is 0 Å². The molecule has 4 nitrogen and oxygen atoms in total. The molecule has 5 heteroatoms. The SMILES string of the molecule is CCS(=O)(=O)NCC#Cc1ccccc1OC. The molecule has 0 heterocycles. The Hall–Kier alpha value is -1.51. The first-order valence-electron chi connectivity index (χ1n) is 5.18. The zero-order chi connectivity index (χ0) is 12.7. The molecule has 0 aliphatic rings. The summed E-state index contributed by atoms with van der Waals surface area (Å²) in [5.74, 6) is 6.34. The first-order valence-corrected chi connectivity index (χ1v) is 6.83. The molecule has 0 spiro atoms. The minimum atomic E-state index is -3.17. The lowest BCUT2D eigenvalue weighted by molar-refractivity contribution is 0.413. The molecule has 0 fully saturated rings. The van der Waals surface area contributed by atoms with Crippen LogP contribution in [0.15, 0.2) is 24.3 Å². The fourth-order valence-corrected chi connectivity index (χ4v) is 1.63. The summed E-state index contributed by atoms with van der Waals surface area (Å²) in [6.07, 6.45) is 0. The van der Waals surface area contributed by atoms with Gasteiger partial charge in [0.15, 0.2) is 0 Å². The van der Waals surface area contributed by atoms with Crippen LogP contribution >= 0.6 is 0 Å². The van der Waals surface area contributed by atoms with Gasteiger partial charge in [0.25, 0.3) is 0 Å². The van der Waals surface area contributed by atoms with Crippen LogP contribution in [0.1, 0.15) is 12.5 Å². The highest BCUT2D eigenvalue weighted by atomic mass is 32.2. The van der Waals surface area contributed by atoms with Gasteiger partial charge in [-0.25, -0.2) is 13.1 Å². The summed E-state index contributed by atoms with van der Waals surface area (Å²) in [4.78, 5) is 0. The molecule has 0 unspecified atom stereocenters. The lowest BCUT2D eigenvalue weighted by atomic mass is 10.2. The molecule has 0 saturated heterocycles. The number of methoxy groups -OCH3 is 1. The molecule has 0 aliphatic carbocycles. The molecular weight excluding hydrogens is 238 g/mol. The predicted octanol–water partition coefficient (Wildman–Crippen LogP) is 0.986. The smallest absolute Gasteiger partial charge is 0.212 e.